The minimum absolute atomic E-state index is 0. The summed E-state index contributed by atoms with van der Waals surface area (Å²) < 4.78 is 13.3. The second kappa shape index (κ2) is 7.48. The molecule has 1 aromatic carbocycles. The van der Waals surface area contributed by atoms with Crippen molar-refractivity contribution in [1.29, 1.82) is 0 Å². The van der Waals surface area contributed by atoms with Gasteiger partial charge in [0.05, 0.1) is 5.56 Å². The van der Waals surface area contributed by atoms with Gasteiger partial charge in [-0.1, -0.05) is 11.6 Å². The van der Waals surface area contributed by atoms with E-state index in [1.165, 1.54) is 12.1 Å². The summed E-state index contributed by atoms with van der Waals surface area (Å²) in [6, 6.07) is 4.12. The van der Waals surface area contributed by atoms with E-state index >= 15 is 0 Å². The Morgan fingerprint density at radius 3 is 2.71 bits per heavy atom. The quantitative estimate of drug-likeness (QED) is 0.888. The van der Waals surface area contributed by atoms with Gasteiger partial charge in [0.25, 0.3) is 5.91 Å². The van der Waals surface area contributed by atoms with E-state index in [4.69, 9.17) is 11.6 Å². The van der Waals surface area contributed by atoms with Crippen molar-refractivity contribution in [3.8, 4) is 0 Å². The third kappa shape index (κ3) is 4.89. The lowest BCUT2D eigenvalue weighted by Crippen LogP contribution is -2.37. The molecule has 3 nitrogen and oxygen atoms in total. The van der Waals surface area contributed by atoms with Crippen molar-refractivity contribution >= 4 is 29.9 Å². The summed E-state index contributed by atoms with van der Waals surface area (Å²) in [6.07, 6.45) is 0. The number of hydrogen-bond donors (Lipinski definition) is 2. The molecule has 0 aliphatic heterocycles. The van der Waals surface area contributed by atoms with Gasteiger partial charge in [0.15, 0.2) is 0 Å². The van der Waals surface area contributed by atoms with Gasteiger partial charge in [0.1, 0.15) is 5.82 Å². The van der Waals surface area contributed by atoms with E-state index < -0.39 is 11.7 Å². The Bertz CT molecular complexity index is 388. The molecule has 2 N–H and O–H groups in total. The molecule has 0 radical (unpaired) electrons. The van der Waals surface area contributed by atoms with Crippen LogP contribution in [0, 0.1) is 5.82 Å². The van der Waals surface area contributed by atoms with Crippen LogP contribution in [0.5, 0.6) is 0 Å². The normalized spacial score (nSPS) is 11.5. The van der Waals surface area contributed by atoms with Crippen LogP contribution in [0.2, 0.25) is 5.02 Å². The second-order valence-corrected chi connectivity index (χ2v) is 3.96. The Labute approximate surface area is 111 Å². The SMILES string of the molecule is CNC(C)CNC(=O)c1ccc(Cl)cc1F.Cl. The molecule has 0 aromatic heterocycles. The van der Waals surface area contributed by atoms with Crippen LogP contribution in [0.25, 0.3) is 0 Å². The van der Waals surface area contributed by atoms with Crippen molar-refractivity contribution in [2.45, 2.75) is 13.0 Å². The van der Waals surface area contributed by atoms with Crippen LogP contribution in [0.1, 0.15) is 17.3 Å². The number of carbonyl (C=O) groups excluding carboxylic acids is 1. The molecule has 1 amide bonds. The van der Waals surface area contributed by atoms with Crippen LogP contribution in [0.4, 0.5) is 4.39 Å². The van der Waals surface area contributed by atoms with Gasteiger partial charge in [0, 0.05) is 17.6 Å². The first-order valence-electron chi connectivity index (χ1n) is 4.95. The zero-order valence-corrected chi connectivity index (χ0v) is 11.2. The summed E-state index contributed by atoms with van der Waals surface area (Å²) >= 11 is 5.59. The first kappa shape index (κ1) is 16.2. The highest BCUT2D eigenvalue weighted by Gasteiger charge is 2.12. The molecule has 1 atom stereocenters. The van der Waals surface area contributed by atoms with Crippen molar-refractivity contribution < 1.29 is 9.18 Å². The Morgan fingerprint density at radius 1 is 1.53 bits per heavy atom. The van der Waals surface area contributed by atoms with Crippen LogP contribution in [-0.4, -0.2) is 25.5 Å². The lowest BCUT2D eigenvalue weighted by atomic mass is 10.2. The number of halogens is 3. The van der Waals surface area contributed by atoms with E-state index in [1.807, 2.05) is 6.92 Å². The topological polar surface area (TPSA) is 41.1 Å². The van der Waals surface area contributed by atoms with Crippen molar-refractivity contribution in [3.05, 3.63) is 34.6 Å². The summed E-state index contributed by atoms with van der Waals surface area (Å²) in [7, 11) is 1.79. The average Bonchev–Trinajstić information content (AvgIpc) is 2.25. The van der Waals surface area contributed by atoms with Crippen molar-refractivity contribution in [1.82, 2.24) is 10.6 Å². The standard InChI is InChI=1S/C11H14ClFN2O.ClH/c1-7(14-2)6-15-11(16)9-4-3-8(12)5-10(9)13;/h3-5,7,14H,6H2,1-2H3,(H,15,16);1H. The predicted octanol–water partition coefficient (Wildman–Crippen LogP) is 2.24. The van der Waals surface area contributed by atoms with Crippen molar-refractivity contribution in [3.63, 3.8) is 0 Å². The number of nitrogens with one attached hydrogen (secondary N) is 2. The Kier molecular flexibility index (Phi) is 7.11. The summed E-state index contributed by atoms with van der Waals surface area (Å²) in [5.41, 5.74) is 0.00713. The number of rotatable bonds is 4. The van der Waals surface area contributed by atoms with Gasteiger partial charge in [-0.05, 0) is 32.2 Å². The highest BCUT2D eigenvalue weighted by molar-refractivity contribution is 6.30. The van der Waals surface area contributed by atoms with E-state index in [9.17, 15) is 9.18 Å². The molecule has 96 valence electrons. The fraction of sp³-hybridized carbons (Fsp3) is 0.364. The van der Waals surface area contributed by atoms with Crippen LogP contribution in [-0.2, 0) is 0 Å². The third-order valence-electron chi connectivity index (χ3n) is 2.24. The van der Waals surface area contributed by atoms with Crippen LogP contribution in [0.3, 0.4) is 0 Å². The average molecular weight is 281 g/mol. The molecule has 0 heterocycles. The van der Waals surface area contributed by atoms with Gasteiger partial charge in [-0.3, -0.25) is 4.79 Å². The Balaban J connectivity index is 0.00000256. The lowest BCUT2D eigenvalue weighted by Gasteiger charge is -2.11. The van der Waals surface area contributed by atoms with Crippen LogP contribution >= 0.6 is 24.0 Å². The molecule has 1 aromatic rings. The van der Waals surface area contributed by atoms with Crippen molar-refractivity contribution in [2.75, 3.05) is 13.6 Å². The molecule has 1 unspecified atom stereocenters. The summed E-state index contributed by atoms with van der Waals surface area (Å²) in [5.74, 6) is -1.04. The molecular formula is C11H15Cl2FN2O. The zero-order valence-electron chi connectivity index (χ0n) is 9.59. The Morgan fingerprint density at radius 2 is 2.18 bits per heavy atom. The fourth-order valence-corrected chi connectivity index (χ4v) is 1.28. The van der Waals surface area contributed by atoms with Gasteiger partial charge >= 0.3 is 0 Å². The van der Waals surface area contributed by atoms with Crippen LogP contribution < -0.4 is 10.6 Å². The van der Waals surface area contributed by atoms with Gasteiger partial charge in [0.2, 0.25) is 0 Å². The molecule has 0 bridgehead atoms. The summed E-state index contributed by atoms with van der Waals surface area (Å²) in [5, 5.41) is 5.87. The smallest absolute Gasteiger partial charge is 0.254 e. The number of hydrogen-bond acceptors (Lipinski definition) is 2. The maximum atomic E-state index is 13.3. The van der Waals surface area contributed by atoms with E-state index in [1.54, 1.807) is 7.05 Å². The van der Waals surface area contributed by atoms with E-state index in [0.29, 0.717) is 6.54 Å². The summed E-state index contributed by atoms with van der Waals surface area (Å²) in [6.45, 7) is 2.36. The van der Waals surface area contributed by atoms with Crippen LogP contribution in [0.15, 0.2) is 18.2 Å². The second-order valence-electron chi connectivity index (χ2n) is 3.52. The third-order valence-corrected chi connectivity index (χ3v) is 2.47. The zero-order chi connectivity index (χ0) is 12.1. The molecule has 0 aliphatic carbocycles. The van der Waals surface area contributed by atoms with Crippen molar-refractivity contribution in [2.24, 2.45) is 0 Å². The van der Waals surface area contributed by atoms with Gasteiger partial charge < -0.3 is 10.6 Å². The number of likely N-dealkylation sites (N-methyl/N-ethyl adjacent to an activating group) is 1. The van der Waals surface area contributed by atoms with Gasteiger partial charge in [-0.15, -0.1) is 12.4 Å². The van der Waals surface area contributed by atoms with E-state index in [-0.39, 0.29) is 29.0 Å². The maximum Gasteiger partial charge on any atom is 0.254 e. The molecule has 0 spiro atoms. The monoisotopic (exact) mass is 280 g/mol. The predicted molar refractivity (Wildman–Crippen MR) is 69.5 cm³/mol. The highest BCUT2D eigenvalue weighted by atomic mass is 35.5. The molecule has 0 saturated heterocycles. The largest absolute Gasteiger partial charge is 0.350 e. The van der Waals surface area contributed by atoms with E-state index in [2.05, 4.69) is 10.6 Å². The Hall–Kier alpha value is -0.840. The first-order valence-corrected chi connectivity index (χ1v) is 5.33. The molecule has 0 saturated carbocycles. The number of benzene rings is 1. The van der Waals surface area contributed by atoms with Gasteiger partial charge in [-0.2, -0.15) is 0 Å². The van der Waals surface area contributed by atoms with E-state index in [0.717, 1.165) is 6.07 Å². The molecule has 17 heavy (non-hydrogen) atoms. The highest BCUT2D eigenvalue weighted by Crippen LogP contribution is 2.14. The fourth-order valence-electron chi connectivity index (χ4n) is 1.12. The first-order chi connectivity index (χ1) is 7.54. The lowest BCUT2D eigenvalue weighted by molar-refractivity contribution is 0.0946. The summed E-state index contributed by atoms with van der Waals surface area (Å²) in [4.78, 5) is 11.6. The molecule has 6 heteroatoms. The molecule has 0 fully saturated rings. The molecule has 1 rings (SSSR count). The number of carbonyl (C=O) groups is 1. The molecule has 0 aliphatic rings. The molecular weight excluding hydrogens is 266 g/mol. The maximum absolute atomic E-state index is 13.3. The minimum Gasteiger partial charge on any atom is -0.350 e. The minimum atomic E-state index is -0.609. The number of amides is 1. The van der Waals surface area contributed by atoms with Gasteiger partial charge in [-0.25, -0.2) is 4.39 Å².